The number of aryl methyl sites for hydroxylation is 1. The van der Waals surface area contributed by atoms with Gasteiger partial charge in [-0.15, -0.1) is 0 Å². The van der Waals surface area contributed by atoms with Crippen LogP contribution in [0.5, 0.6) is 11.5 Å². The van der Waals surface area contributed by atoms with Gasteiger partial charge in [0, 0.05) is 0 Å². The van der Waals surface area contributed by atoms with Crippen molar-refractivity contribution in [3.8, 4) is 11.5 Å². The number of methoxy groups -OCH3 is 1. The smallest absolute Gasteiger partial charge is 0.267 e. The van der Waals surface area contributed by atoms with Gasteiger partial charge in [-0.2, -0.15) is 0 Å². The molecule has 0 fully saturated rings. The average molecular weight is 456 g/mol. The third-order valence-corrected chi connectivity index (χ3v) is 6.85. The number of hydrogen-bond acceptors (Lipinski definition) is 5. The number of hydrogen-bond donors (Lipinski definition) is 1. The van der Waals surface area contributed by atoms with E-state index in [9.17, 15) is 17.6 Å². The van der Waals surface area contributed by atoms with E-state index in [1.165, 1.54) is 37.4 Å². The van der Waals surface area contributed by atoms with Crippen molar-refractivity contribution in [1.29, 1.82) is 0 Å². The van der Waals surface area contributed by atoms with Crippen molar-refractivity contribution in [1.82, 2.24) is 0 Å². The van der Waals surface area contributed by atoms with E-state index in [4.69, 9.17) is 9.47 Å². The van der Waals surface area contributed by atoms with E-state index < -0.39 is 27.9 Å². The number of carbonyl (C=O) groups is 1. The summed E-state index contributed by atoms with van der Waals surface area (Å²) in [6.45, 7) is 1.56. The Balaban J connectivity index is 1.70. The minimum absolute atomic E-state index is 0.0132. The highest BCUT2D eigenvalue weighted by Crippen LogP contribution is 2.38. The van der Waals surface area contributed by atoms with Gasteiger partial charge in [0.1, 0.15) is 17.3 Å². The first kappa shape index (κ1) is 21.6. The monoisotopic (exact) mass is 456 g/mol. The molecule has 1 N–H and O–H groups in total. The Morgan fingerprint density at radius 2 is 1.84 bits per heavy atom. The molecular weight excluding hydrogens is 435 g/mol. The number of nitrogens with one attached hydrogen (secondary N) is 1. The van der Waals surface area contributed by atoms with Gasteiger partial charge in [-0.05, 0) is 61.0 Å². The topological polar surface area (TPSA) is 84.9 Å². The van der Waals surface area contributed by atoms with Crippen molar-refractivity contribution in [3.05, 3.63) is 78.1 Å². The summed E-state index contributed by atoms with van der Waals surface area (Å²) in [6, 6.07) is 16.7. The van der Waals surface area contributed by atoms with Gasteiger partial charge >= 0.3 is 0 Å². The second kappa shape index (κ2) is 8.51. The van der Waals surface area contributed by atoms with E-state index in [0.29, 0.717) is 11.4 Å². The van der Waals surface area contributed by atoms with Crippen molar-refractivity contribution in [2.75, 3.05) is 23.3 Å². The van der Waals surface area contributed by atoms with Crippen molar-refractivity contribution in [2.45, 2.75) is 17.9 Å². The SMILES string of the molecule is COc1ccc(S(=O)(=O)N2C[C@@H](C(=O)Nc3ccccc3F)Oc3cc(C)ccc32)cc1. The van der Waals surface area contributed by atoms with Gasteiger partial charge in [0.25, 0.3) is 15.9 Å². The molecule has 32 heavy (non-hydrogen) atoms. The third kappa shape index (κ3) is 4.11. The highest BCUT2D eigenvalue weighted by Gasteiger charge is 2.37. The first-order chi connectivity index (χ1) is 15.3. The van der Waals surface area contributed by atoms with E-state index in [0.717, 1.165) is 9.87 Å². The number of benzene rings is 3. The molecule has 1 aliphatic heterocycles. The molecule has 0 unspecified atom stereocenters. The number of amides is 1. The molecule has 1 amide bonds. The number of halogens is 1. The van der Waals surface area contributed by atoms with Crippen LogP contribution >= 0.6 is 0 Å². The first-order valence-electron chi connectivity index (χ1n) is 9.79. The number of anilines is 2. The fraction of sp³-hybridized carbons (Fsp3) is 0.174. The molecule has 0 radical (unpaired) electrons. The Hall–Kier alpha value is -3.59. The summed E-state index contributed by atoms with van der Waals surface area (Å²) in [5.41, 5.74) is 1.14. The molecule has 4 rings (SSSR count). The molecule has 1 heterocycles. The average Bonchev–Trinajstić information content (AvgIpc) is 2.79. The molecule has 0 aliphatic carbocycles. The minimum Gasteiger partial charge on any atom is -0.497 e. The summed E-state index contributed by atoms with van der Waals surface area (Å²) in [5.74, 6) is -0.487. The van der Waals surface area contributed by atoms with Crippen LogP contribution < -0.4 is 19.1 Å². The van der Waals surface area contributed by atoms with E-state index in [1.807, 2.05) is 6.92 Å². The number of para-hydroxylation sites is 1. The highest BCUT2D eigenvalue weighted by atomic mass is 32.2. The van der Waals surface area contributed by atoms with E-state index >= 15 is 0 Å². The van der Waals surface area contributed by atoms with Crippen molar-refractivity contribution >= 4 is 27.3 Å². The third-order valence-electron chi connectivity index (χ3n) is 5.06. The largest absolute Gasteiger partial charge is 0.497 e. The Morgan fingerprint density at radius 3 is 2.53 bits per heavy atom. The Bertz CT molecular complexity index is 1260. The van der Waals surface area contributed by atoms with Crippen molar-refractivity contribution in [3.63, 3.8) is 0 Å². The van der Waals surface area contributed by atoms with Crippen LogP contribution in [0.1, 0.15) is 5.56 Å². The van der Waals surface area contributed by atoms with Gasteiger partial charge < -0.3 is 14.8 Å². The van der Waals surface area contributed by atoms with Crippen LogP contribution in [0.15, 0.2) is 71.6 Å². The summed E-state index contributed by atoms with van der Waals surface area (Å²) in [5, 5.41) is 2.48. The predicted octanol–water partition coefficient (Wildman–Crippen LogP) is 3.74. The van der Waals surface area contributed by atoms with Crippen LogP contribution in [0.4, 0.5) is 15.8 Å². The first-order valence-corrected chi connectivity index (χ1v) is 11.2. The Kier molecular flexibility index (Phi) is 5.75. The summed E-state index contributed by atoms with van der Waals surface area (Å²) in [7, 11) is -2.53. The standard InChI is InChI=1S/C23H21FN2O5S/c1-15-7-12-20-21(13-15)31-22(23(27)25-19-6-4-3-5-18(19)24)14-26(20)32(28,29)17-10-8-16(30-2)9-11-17/h3-13,22H,14H2,1-2H3,(H,25,27)/t22-/m0/s1. The fourth-order valence-corrected chi connectivity index (χ4v) is 4.85. The molecule has 0 saturated heterocycles. The van der Waals surface area contributed by atoms with Gasteiger partial charge in [0.2, 0.25) is 0 Å². The molecule has 1 atom stereocenters. The summed E-state index contributed by atoms with van der Waals surface area (Å²) in [4.78, 5) is 12.9. The zero-order valence-electron chi connectivity index (χ0n) is 17.4. The van der Waals surface area contributed by atoms with Gasteiger partial charge in [0.15, 0.2) is 6.10 Å². The molecule has 0 aromatic heterocycles. The molecule has 0 saturated carbocycles. The quantitative estimate of drug-likeness (QED) is 0.632. The molecular formula is C23H21FN2O5S. The van der Waals surface area contributed by atoms with Gasteiger partial charge in [0.05, 0.1) is 29.9 Å². The normalized spacial score (nSPS) is 15.5. The zero-order valence-corrected chi connectivity index (χ0v) is 18.2. The van der Waals surface area contributed by atoms with Gasteiger partial charge in [-0.1, -0.05) is 18.2 Å². The van der Waals surface area contributed by atoms with Crippen LogP contribution in [-0.4, -0.2) is 34.1 Å². The summed E-state index contributed by atoms with van der Waals surface area (Å²) < 4.78 is 53.0. The van der Waals surface area contributed by atoms with Crippen LogP contribution in [0.3, 0.4) is 0 Å². The van der Waals surface area contributed by atoms with E-state index in [2.05, 4.69) is 5.32 Å². The second-order valence-corrected chi connectivity index (χ2v) is 9.12. The number of ether oxygens (including phenoxy) is 2. The number of sulfonamides is 1. The predicted molar refractivity (Wildman–Crippen MR) is 118 cm³/mol. The molecule has 1 aliphatic rings. The van der Waals surface area contributed by atoms with Crippen LogP contribution in [0, 0.1) is 12.7 Å². The Labute approximate surface area is 185 Å². The molecule has 0 spiro atoms. The second-order valence-electron chi connectivity index (χ2n) is 7.26. The van der Waals surface area contributed by atoms with Crippen LogP contribution in [-0.2, 0) is 14.8 Å². The molecule has 9 heteroatoms. The number of fused-ring (bicyclic) bond motifs is 1. The lowest BCUT2D eigenvalue weighted by molar-refractivity contribution is -0.122. The van der Waals surface area contributed by atoms with Crippen molar-refractivity contribution in [2.24, 2.45) is 0 Å². The molecule has 0 bridgehead atoms. The summed E-state index contributed by atoms with van der Waals surface area (Å²) >= 11 is 0. The molecule has 7 nitrogen and oxygen atoms in total. The highest BCUT2D eigenvalue weighted by molar-refractivity contribution is 7.92. The Morgan fingerprint density at radius 1 is 1.12 bits per heavy atom. The minimum atomic E-state index is -4.02. The van der Waals surface area contributed by atoms with Gasteiger partial charge in [-0.25, -0.2) is 12.8 Å². The maximum absolute atomic E-state index is 14.0. The maximum Gasteiger partial charge on any atom is 0.267 e. The van der Waals surface area contributed by atoms with Crippen LogP contribution in [0.2, 0.25) is 0 Å². The van der Waals surface area contributed by atoms with Crippen LogP contribution in [0.25, 0.3) is 0 Å². The van der Waals surface area contributed by atoms with Crippen molar-refractivity contribution < 1.29 is 27.1 Å². The summed E-state index contributed by atoms with van der Waals surface area (Å²) in [6.07, 6.45) is -1.18. The maximum atomic E-state index is 14.0. The number of nitrogens with zero attached hydrogens (tertiary/aromatic N) is 1. The van der Waals surface area contributed by atoms with E-state index in [1.54, 1.807) is 36.4 Å². The molecule has 3 aromatic carbocycles. The lowest BCUT2D eigenvalue weighted by Crippen LogP contribution is -2.48. The fourth-order valence-electron chi connectivity index (χ4n) is 3.38. The lowest BCUT2D eigenvalue weighted by Gasteiger charge is -2.35. The number of rotatable bonds is 5. The zero-order chi connectivity index (χ0) is 22.9. The van der Waals surface area contributed by atoms with E-state index in [-0.39, 0.29) is 22.9 Å². The lowest BCUT2D eigenvalue weighted by atomic mass is 10.1. The van der Waals surface area contributed by atoms with Gasteiger partial charge in [-0.3, -0.25) is 9.10 Å². The number of carbonyl (C=O) groups excluding carboxylic acids is 1. The molecule has 166 valence electrons. The molecule has 3 aromatic rings.